The molecule has 4 nitrogen and oxygen atoms in total. The van der Waals surface area contributed by atoms with Gasteiger partial charge in [0.25, 0.3) is 0 Å². The third kappa shape index (κ3) is 3.49. The second-order valence-corrected chi connectivity index (χ2v) is 7.03. The van der Waals surface area contributed by atoms with E-state index in [0.717, 1.165) is 33.8 Å². The largest absolute Gasteiger partial charge is 0.352 e. The summed E-state index contributed by atoms with van der Waals surface area (Å²) >= 11 is 0. The molecule has 0 atom stereocenters. The second kappa shape index (κ2) is 8.50. The Kier molecular flexibility index (Phi) is 5.45. The van der Waals surface area contributed by atoms with E-state index in [9.17, 15) is 0 Å². The lowest BCUT2D eigenvalue weighted by molar-refractivity contribution is 0.705. The summed E-state index contributed by atoms with van der Waals surface area (Å²) in [5, 5.41) is 20.3. The minimum Gasteiger partial charge on any atom is -0.352 e. The van der Waals surface area contributed by atoms with Crippen LogP contribution in [0.5, 0.6) is 0 Å². The predicted molar refractivity (Wildman–Crippen MR) is 121 cm³/mol. The van der Waals surface area contributed by atoms with Crippen LogP contribution in [-0.2, 0) is 5.54 Å². The highest BCUT2D eigenvalue weighted by atomic mass is 15.2. The van der Waals surface area contributed by atoms with Gasteiger partial charge in [-0.2, -0.15) is 10.4 Å². The van der Waals surface area contributed by atoms with Gasteiger partial charge in [-0.05, 0) is 29.7 Å². The predicted octanol–water partition coefficient (Wildman–Crippen LogP) is 5.66. The lowest BCUT2D eigenvalue weighted by atomic mass is 9.77. The molecule has 1 heterocycles. The molecule has 0 aliphatic heterocycles. The number of aromatic amines is 1. The summed E-state index contributed by atoms with van der Waals surface area (Å²) in [4.78, 5) is 0. The standard InChI is InChI=1S/C26H22N4/c1-20-24(18-11-19-27)25(30-29-20)28-26(21-12-5-2-6-13-21,22-14-7-3-8-15-22)23-16-9-4-10-17-23/h2-18H,1H3,(H2,28,29,30). The SMILES string of the molecule is Cc1n[nH]c(NC(c2ccccc2)(c2ccccc2)c2ccccc2)c1C=CC#N. The number of nitriles is 1. The van der Waals surface area contributed by atoms with Gasteiger partial charge >= 0.3 is 0 Å². The molecule has 4 aromatic rings. The number of allylic oxidation sites excluding steroid dienone is 1. The van der Waals surface area contributed by atoms with E-state index in [1.165, 1.54) is 6.08 Å². The van der Waals surface area contributed by atoms with Crippen molar-refractivity contribution in [3.63, 3.8) is 0 Å². The molecule has 0 bridgehead atoms. The van der Waals surface area contributed by atoms with Crippen LogP contribution in [0.1, 0.15) is 27.9 Å². The monoisotopic (exact) mass is 390 g/mol. The quantitative estimate of drug-likeness (QED) is 0.330. The highest BCUT2D eigenvalue weighted by Gasteiger charge is 2.37. The first-order valence-corrected chi connectivity index (χ1v) is 9.81. The van der Waals surface area contributed by atoms with Crippen LogP contribution in [0.4, 0.5) is 5.82 Å². The lowest BCUT2D eigenvalue weighted by Gasteiger charge is -2.37. The summed E-state index contributed by atoms with van der Waals surface area (Å²) in [5.41, 5.74) is 4.34. The molecule has 0 saturated heterocycles. The number of hydrogen-bond donors (Lipinski definition) is 2. The molecule has 0 aliphatic rings. The number of benzene rings is 3. The molecule has 0 spiro atoms. The molecule has 30 heavy (non-hydrogen) atoms. The summed E-state index contributed by atoms with van der Waals surface area (Å²) in [6.07, 6.45) is 3.26. The van der Waals surface area contributed by atoms with Gasteiger partial charge in [0, 0.05) is 11.6 Å². The van der Waals surface area contributed by atoms with Crippen molar-refractivity contribution in [2.75, 3.05) is 5.32 Å². The van der Waals surface area contributed by atoms with Gasteiger partial charge in [0.05, 0.1) is 11.8 Å². The third-order valence-electron chi connectivity index (χ3n) is 5.25. The number of nitrogens with zero attached hydrogens (tertiary/aromatic N) is 2. The Balaban J connectivity index is 2.00. The molecule has 146 valence electrons. The summed E-state index contributed by atoms with van der Waals surface area (Å²) < 4.78 is 0. The van der Waals surface area contributed by atoms with Crippen LogP contribution in [0.25, 0.3) is 6.08 Å². The number of hydrogen-bond acceptors (Lipinski definition) is 3. The van der Waals surface area contributed by atoms with E-state index < -0.39 is 5.54 Å². The molecule has 0 saturated carbocycles. The van der Waals surface area contributed by atoms with Gasteiger partial charge < -0.3 is 5.32 Å². The molecular weight excluding hydrogens is 368 g/mol. The van der Waals surface area contributed by atoms with Crippen LogP contribution in [-0.4, -0.2) is 10.2 Å². The van der Waals surface area contributed by atoms with Gasteiger partial charge in [-0.3, -0.25) is 5.10 Å². The fourth-order valence-electron chi connectivity index (χ4n) is 3.83. The average molecular weight is 390 g/mol. The zero-order chi connectivity index (χ0) is 20.8. The maximum Gasteiger partial charge on any atom is 0.130 e. The number of aryl methyl sites for hydroxylation is 1. The minimum absolute atomic E-state index is 0.655. The fourth-order valence-corrected chi connectivity index (χ4v) is 3.83. The highest BCUT2D eigenvalue weighted by Crippen LogP contribution is 2.40. The van der Waals surface area contributed by atoms with E-state index in [0.29, 0.717) is 0 Å². The van der Waals surface area contributed by atoms with Gasteiger partial charge in [-0.1, -0.05) is 91.0 Å². The highest BCUT2D eigenvalue weighted by molar-refractivity contribution is 5.70. The first-order valence-electron chi connectivity index (χ1n) is 9.81. The van der Waals surface area contributed by atoms with Crippen molar-refractivity contribution in [1.82, 2.24) is 10.2 Å². The van der Waals surface area contributed by atoms with E-state index >= 15 is 0 Å². The van der Waals surface area contributed by atoms with Crippen LogP contribution in [0.2, 0.25) is 0 Å². The second-order valence-electron chi connectivity index (χ2n) is 7.03. The van der Waals surface area contributed by atoms with Gasteiger partial charge in [0.1, 0.15) is 11.4 Å². The van der Waals surface area contributed by atoms with E-state index in [1.807, 2.05) is 61.5 Å². The summed E-state index contributed by atoms with van der Waals surface area (Å²) in [6, 6.07) is 33.2. The molecule has 0 fully saturated rings. The van der Waals surface area contributed by atoms with E-state index in [2.05, 4.69) is 58.0 Å². The number of anilines is 1. The molecule has 0 radical (unpaired) electrons. The average Bonchev–Trinajstić information content (AvgIpc) is 3.16. The summed E-state index contributed by atoms with van der Waals surface area (Å²) in [5.74, 6) is 0.760. The van der Waals surface area contributed by atoms with Crippen molar-refractivity contribution in [2.45, 2.75) is 12.5 Å². The number of rotatable bonds is 6. The van der Waals surface area contributed by atoms with Crippen molar-refractivity contribution in [3.8, 4) is 6.07 Å². The van der Waals surface area contributed by atoms with Crippen molar-refractivity contribution < 1.29 is 0 Å². The molecule has 4 heteroatoms. The van der Waals surface area contributed by atoms with Gasteiger partial charge in [-0.25, -0.2) is 0 Å². The van der Waals surface area contributed by atoms with Gasteiger partial charge in [0.15, 0.2) is 0 Å². The smallest absolute Gasteiger partial charge is 0.130 e. The maximum atomic E-state index is 9.03. The van der Waals surface area contributed by atoms with Crippen molar-refractivity contribution in [3.05, 3.63) is 125 Å². The first kappa shape index (κ1) is 19.2. The molecule has 0 amide bonds. The Morgan fingerprint density at radius 2 is 1.30 bits per heavy atom. The van der Waals surface area contributed by atoms with Crippen LogP contribution < -0.4 is 5.32 Å². The summed E-state index contributed by atoms with van der Waals surface area (Å²) in [7, 11) is 0. The van der Waals surface area contributed by atoms with Crippen LogP contribution in [0.15, 0.2) is 97.1 Å². The van der Waals surface area contributed by atoms with Crippen LogP contribution in [0.3, 0.4) is 0 Å². The minimum atomic E-state index is -0.655. The molecule has 4 rings (SSSR count). The normalized spacial score (nSPS) is 11.3. The first-order chi connectivity index (χ1) is 14.8. The number of H-pyrrole nitrogens is 1. The topological polar surface area (TPSA) is 64.5 Å². The Hall–Kier alpha value is -4.10. The molecule has 2 N–H and O–H groups in total. The Labute approximate surface area is 176 Å². The van der Waals surface area contributed by atoms with E-state index in [4.69, 9.17) is 5.26 Å². The van der Waals surface area contributed by atoms with E-state index in [1.54, 1.807) is 6.08 Å². The van der Waals surface area contributed by atoms with Gasteiger partial charge in [-0.15, -0.1) is 0 Å². The molecular formula is C26H22N4. The Morgan fingerprint density at radius 3 is 1.73 bits per heavy atom. The molecule has 3 aromatic carbocycles. The van der Waals surface area contributed by atoms with Crippen LogP contribution in [0, 0.1) is 18.3 Å². The number of aromatic nitrogens is 2. The van der Waals surface area contributed by atoms with Crippen molar-refractivity contribution in [2.24, 2.45) is 0 Å². The zero-order valence-corrected chi connectivity index (χ0v) is 16.7. The maximum absolute atomic E-state index is 9.03. The zero-order valence-electron chi connectivity index (χ0n) is 16.7. The molecule has 0 unspecified atom stereocenters. The van der Waals surface area contributed by atoms with E-state index in [-0.39, 0.29) is 0 Å². The molecule has 0 aliphatic carbocycles. The van der Waals surface area contributed by atoms with Crippen molar-refractivity contribution in [1.29, 1.82) is 5.26 Å². The lowest BCUT2D eigenvalue weighted by Crippen LogP contribution is -2.38. The Morgan fingerprint density at radius 1 is 0.833 bits per heavy atom. The van der Waals surface area contributed by atoms with Crippen LogP contribution >= 0.6 is 0 Å². The fraction of sp³-hybridized carbons (Fsp3) is 0.0769. The summed E-state index contributed by atoms with van der Waals surface area (Å²) in [6.45, 7) is 1.92. The Bertz CT molecular complexity index is 1070. The number of nitrogens with one attached hydrogen (secondary N) is 2. The molecule has 1 aromatic heterocycles. The van der Waals surface area contributed by atoms with Crippen molar-refractivity contribution >= 4 is 11.9 Å². The third-order valence-corrected chi connectivity index (χ3v) is 5.25. The van der Waals surface area contributed by atoms with Gasteiger partial charge in [0.2, 0.25) is 0 Å².